The Balaban J connectivity index is 5.49. The number of alkyl halides is 2. The number of hydrogen-bond acceptors (Lipinski definition) is 6. The third-order valence-corrected chi connectivity index (χ3v) is 4.13. The fraction of sp³-hybridized carbons (Fsp3) is 0.737. The van der Waals surface area contributed by atoms with E-state index < -0.39 is 60.4 Å². The number of ketones is 1. The molecule has 0 aromatic rings. The molecule has 0 aliphatic rings. The van der Waals surface area contributed by atoms with Gasteiger partial charge in [-0.05, 0) is 18.8 Å². The average molecular weight is 450 g/mol. The number of carbonyl (C=O) groups excluding carboxylic acids is 4. The number of carbonyl (C=O) groups is 5. The van der Waals surface area contributed by atoms with E-state index >= 15 is 0 Å². The van der Waals surface area contributed by atoms with Crippen molar-refractivity contribution in [3.05, 3.63) is 0 Å². The number of carboxylic acid groups (broad SMARTS) is 1. The second-order valence-electron chi connectivity index (χ2n) is 7.93. The third-order valence-electron chi connectivity index (χ3n) is 4.13. The van der Waals surface area contributed by atoms with Gasteiger partial charge < -0.3 is 26.8 Å². The van der Waals surface area contributed by atoms with Crippen LogP contribution < -0.4 is 21.7 Å². The van der Waals surface area contributed by atoms with E-state index in [0.29, 0.717) is 0 Å². The molecule has 0 radical (unpaired) electrons. The molecule has 6 N–H and O–H groups in total. The highest BCUT2D eigenvalue weighted by Crippen LogP contribution is 2.10. The molecule has 0 rings (SSSR count). The predicted octanol–water partition coefficient (Wildman–Crippen LogP) is -0.0569. The molecule has 0 aliphatic carbocycles. The molecule has 178 valence electrons. The van der Waals surface area contributed by atoms with Crippen LogP contribution in [-0.4, -0.2) is 65.2 Å². The Bertz CT molecular complexity index is 657. The predicted molar refractivity (Wildman–Crippen MR) is 107 cm³/mol. The summed E-state index contributed by atoms with van der Waals surface area (Å²) in [5, 5.41) is 16.3. The van der Waals surface area contributed by atoms with Crippen LogP contribution in [0.15, 0.2) is 0 Å². The Morgan fingerprint density at radius 2 is 1.39 bits per heavy atom. The molecule has 0 fully saturated rings. The lowest BCUT2D eigenvalue weighted by molar-refractivity contribution is -0.151. The smallest absolute Gasteiger partial charge is 0.374 e. The molecule has 0 aromatic heterocycles. The van der Waals surface area contributed by atoms with Gasteiger partial charge in [-0.25, -0.2) is 13.6 Å². The maximum Gasteiger partial charge on any atom is 0.374 e. The lowest BCUT2D eigenvalue weighted by Gasteiger charge is -2.26. The molecule has 0 bridgehead atoms. The number of halogens is 2. The van der Waals surface area contributed by atoms with Crippen LogP contribution in [0.1, 0.15) is 53.4 Å². The van der Waals surface area contributed by atoms with Crippen LogP contribution in [0.25, 0.3) is 0 Å². The number of primary amides is 1. The summed E-state index contributed by atoms with van der Waals surface area (Å²) >= 11 is 0. The highest BCUT2D eigenvalue weighted by Gasteiger charge is 2.33. The van der Waals surface area contributed by atoms with E-state index in [1.807, 2.05) is 5.32 Å². The number of rotatable bonds is 15. The summed E-state index contributed by atoms with van der Waals surface area (Å²) in [4.78, 5) is 59.0. The van der Waals surface area contributed by atoms with Gasteiger partial charge in [0.25, 0.3) is 5.78 Å². The molecule has 3 unspecified atom stereocenters. The largest absolute Gasteiger partial charge is 0.475 e. The molecule has 0 spiro atoms. The minimum atomic E-state index is -3.03. The van der Waals surface area contributed by atoms with Gasteiger partial charge in [-0.15, -0.1) is 0 Å². The van der Waals surface area contributed by atoms with Crippen molar-refractivity contribution in [3.8, 4) is 0 Å². The Hall–Kier alpha value is -2.63. The summed E-state index contributed by atoms with van der Waals surface area (Å²) in [6.07, 6.45) is -4.11. The summed E-state index contributed by atoms with van der Waals surface area (Å²) < 4.78 is 25.5. The molecule has 0 aromatic carbocycles. The van der Waals surface area contributed by atoms with Crippen molar-refractivity contribution in [3.63, 3.8) is 0 Å². The van der Waals surface area contributed by atoms with Gasteiger partial charge in [0.2, 0.25) is 24.1 Å². The number of Topliss-reactive ketones (excluding diaryl/α,β-unsaturated/α-hetero) is 1. The number of nitrogens with two attached hydrogens (primary N) is 1. The average Bonchev–Trinajstić information content (AvgIpc) is 2.61. The number of carboxylic acids is 1. The zero-order valence-corrected chi connectivity index (χ0v) is 18.1. The minimum Gasteiger partial charge on any atom is -0.475 e. The summed E-state index contributed by atoms with van der Waals surface area (Å²) in [6.45, 7) is 7.05. The minimum absolute atomic E-state index is 0.0703. The van der Waals surface area contributed by atoms with E-state index in [1.165, 1.54) is 0 Å². The van der Waals surface area contributed by atoms with Crippen molar-refractivity contribution in [2.75, 3.05) is 0 Å². The fourth-order valence-corrected chi connectivity index (χ4v) is 2.79. The molecule has 31 heavy (non-hydrogen) atoms. The Kier molecular flexibility index (Phi) is 12.5. The first-order valence-corrected chi connectivity index (χ1v) is 9.94. The van der Waals surface area contributed by atoms with Crippen molar-refractivity contribution in [2.24, 2.45) is 11.7 Å². The molecular weight excluding hydrogens is 418 g/mol. The first kappa shape index (κ1) is 28.4. The molecule has 12 heteroatoms. The molecule has 0 aliphatic heterocycles. The maximum atomic E-state index is 12.7. The van der Waals surface area contributed by atoms with Crippen molar-refractivity contribution >= 4 is 29.5 Å². The standard InChI is InChI=1S/C19H32F2N4O6/c1-9(2)7-13(18(29)24-12(8-14(20)21)16(27)19(30)31)25-17(28)11(23-10(3)4)5-6-15(22)26/h9-14,23H,5-8H2,1-4H3,(H2,22,26)(H,24,29)(H,25,28)(H,30,31). The number of hydrogen-bond donors (Lipinski definition) is 5. The van der Waals surface area contributed by atoms with E-state index in [9.17, 15) is 32.8 Å². The topological polar surface area (TPSA) is 168 Å². The Morgan fingerprint density at radius 1 is 0.871 bits per heavy atom. The number of aliphatic carboxylic acids is 1. The highest BCUT2D eigenvalue weighted by atomic mass is 19.3. The van der Waals surface area contributed by atoms with Crippen LogP contribution in [-0.2, 0) is 24.0 Å². The molecule has 0 saturated heterocycles. The van der Waals surface area contributed by atoms with E-state index in [1.54, 1.807) is 27.7 Å². The summed E-state index contributed by atoms with van der Waals surface area (Å²) in [5.41, 5.74) is 5.13. The molecule has 0 saturated carbocycles. The summed E-state index contributed by atoms with van der Waals surface area (Å²) in [6, 6.07) is -4.13. The molecule has 10 nitrogen and oxygen atoms in total. The maximum absolute atomic E-state index is 12.7. The second kappa shape index (κ2) is 13.6. The zero-order chi connectivity index (χ0) is 24.3. The van der Waals surface area contributed by atoms with Crippen LogP contribution in [0.2, 0.25) is 0 Å². The quantitative estimate of drug-likeness (QED) is 0.218. The van der Waals surface area contributed by atoms with Crippen LogP contribution >= 0.6 is 0 Å². The van der Waals surface area contributed by atoms with Crippen LogP contribution in [0.3, 0.4) is 0 Å². The van der Waals surface area contributed by atoms with Crippen LogP contribution in [0.5, 0.6) is 0 Å². The van der Waals surface area contributed by atoms with Gasteiger partial charge in [0.15, 0.2) is 0 Å². The van der Waals surface area contributed by atoms with Crippen molar-refractivity contribution in [1.82, 2.24) is 16.0 Å². The van der Waals surface area contributed by atoms with Crippen molar-refractivity contribution < 1.29 is 37.9 Å². The molecule has 0 heterocycles. The molecule has 3 atom stereocenters. The lowest BCUT2D eigenvalue weighted by atomic mass is 10.0. The first-order valence-electron chi connectivity index (χ1n) is 9.94. The van der Waals surface area contributed by atoms with Crippen molar-refractivity contribution in [1.29, 1.82) is 0 Å². The third kappa shape index (κ3) is 12.0. The molecule has 3 amide bonds. The fourth-order valence-electron chi connectivity index (χ4n) is 2.79. The Labute approximate surface area is 179 Å². The van der Waals surface area contributed by atoms with E-state index in [0.717, 1.165) is 0 Å². The highest BCUT2D eigenvalue weighted by molar-refractivity contribution is 6.35. The first-order chi connectivity index (χ1) is 14.2. The van der Waals surface area contributed by atoms with Gasteiger partial charge >= 0.3 is 5.97 Å². The van der Waals surface area contributed by atoms with Gasteiger partial charge in [0, 0.05) is 18.9 Å². The Morgan fingerprint density at radius 3 is 1.81 bits per heavy atom. The number of nitrogens with one attached hydrogen (secondary N) is 3. The monoisotopic (exact) mass is 450 g/mol. The van der Waals surface area contributed by atoms with E-state index in [2.05, 4.69) is 10.6 Å². The number of amides is 3. The van der Waals surface area contributed by atoms with Crippen LogP contribution in [0, 0.1) is 5.92 Å². The second-order valence-corrected chi connectivity index (χ2v) is 7.93. The van der Waals surface area contributed by atoms with E-state index in [-0.39, 0.29) is 31.2 Å². The summed E-state index contributed by atoms with van der Waals surface area (Å²) in [5.74, 6) is -5.83. The van der Waals surface area contributed by atoms with Crippen molar-refractivity contribution in [2.45, 2.75) is 84.0 Å². The molecular formula is C19H32F2N4O6. The van der Waals surface area contributed by atoms with Gasteiger partial charge in [-0.1, -0.05) is 27.7 Å². The van der Waals surface area contributed by atoms with Crippen LogP contribution in [0.4, 0.5) is 8.78 Å². The lowest BCUT2D eigenvalue weighted by Crippen LogP contribution is -2.56. The van der Waals surface area contributed by atoms with E-state index in [4.69, 9.17) is 10.8 Å². The summed E-state index contributed by atoms with van der Waals surface area (Å²) in [7, 11) is 0. The zero-order valence-electron chi connectivity index (χ0n) is 18.1. The van der Waals surface area contributed by atoms with Gasteiger partial charge in [-0.2, -0.15) is 0 Å². The van der Waals surface area contributed by atoms with Gasteiger partial charge in [-0.3, -0.25) is 19.2 Å². The SMILES string of the molecule is CC(C)CC(NC(=O)C(CCC(N)=O)NC(C)C)C(=O)NC(CC(F)F)C(=O)C(=O)O. The van der Waals surface area contributed by atoms with Gasteiger partial charge in [0.05, 0.1) is 6.04 Å². The normalized spacial score (nSPS) is 14.2. The van der Waals surface area contributed by atoms with Gasteiger partial charge in [0.1, 0.15) is 12.1 Å².